The van der Waals surface area contributed by atoms with Crippen molar-refractivity contribution in [3.05, 3.63) is 35.9 Å². The third-order valence-electron chi connectivity index (χ3n) is 1.25. The van der Waals surface area contributed by atoms with Crippen LogP contribution in [0.4, 0.5) is 0 Å². The van der Waals surface area contributed by atoms with E-state index in [1.54, 1.807) is 0 Å². The molecular weight excluding hydrogens is 140 g/mol. The summed E-state index contributed by atoms with van der Waals surface area (Å²) in [5, 5.41) is 3.21. The summed E-state index contributed by atoms with van der Waals surface area (Å²) in [6.07, 6.45) is 1.40. The Labute approximate surface area is 64.7 Å². The van der Waals surface area contributed by atoms with E-state index in [-0.39, 0.29) is 0 Å². The van der Waals surface area contributed by atoms with E-state index in [9.17, 15) is 4.79 Å². The molecule has 0 aromatic heterocycles. The molecule has 0 radical (unpaired) electrons. The maximum absolute atomic E-state index is 9.64. The maximum Gasteiger partial charge on any atom is 0.258 e. The van der Waals surface area contributed by atoms with Crippen molar-refractivity contribution in [1.82, 2.24) is 5.43 Å². The van der Waals surface area contributed by atoms with Crippen molar-refractivity contribution in [1.29, 1.82) is 0 Å². The average molecular weight is 148 g/mol. The molecule has 1 aromatic rings. The van der Waals surface area contributed by atoms with E-state index >= 15 is 0 Å². The van der Waals surface area contributed by atoms with Crippen molar-refractivity contribution in [2.75, 3.05) is 0 Å². The summed E-state index contributed by atoms with van der Waals surface area (Å²) in [5.74, 6) is 0. The molecule has 0 amide bonds. The fraction of sp³-hybridized carbons (Fsp3) is 0.125. The van der Waals surface area contributed by atoms with Crippen LogP contribution in [0.25, 0.3) is 0 Å². The quantitative estimate of drug-likeness (QED) is 0.395. The van der Waals surface area contributed by atoms with Crippen molar-refractivity contribution in [2.45, 2.75) is 6.54 Å². The molecule has 11 heavy (non-hydrogen) atoms. The van der Waals surface area contributed by atoms with Crippen molar-refractivity contribution in [3.63, 3.8) is 0 Å². The van der Waals surface area contributed by atoms with Gasteiger partial charge in [0.05, 0.1) is 6.54 Å². The Kier molecular flexibility index (Phi) is 2.90. The second kappa shape index (κ2) is 4.25. The van der Waals surface area contributed by atoms with Gasteiger partial charge in [0, 0.05) is 0 Å². The summed E-state index contributed by atoms with van der Waals surface area (Å²) in [6, 6.07) is 9.70. The summed E-state index contributed by atoms with van der Waals surface area (Å²) < 4.78 is 0. The third kappa shape index (κ3) is 2.65. The topological polar surface area (TPSA) is 41.5 Å². The highest BCUT2D eigenvalue weighted by Gasteiger charge is 1.85. The van der Waals surface area contributed by atoms with Gasteiger partial charge < -0.3 is 0 Å². The van der Waals surface area contributed by atoms with Crippen molar-refractivity contribution in [3.8, 4) is 0 Å². The molecule has 0 aliphatic heterocycles. The average Bonchev–Trinajstić information content (AvgIpc) is 2.07. The molecule has 0 atom stereocenters. The molecule has 1 rings (SSSR count). The number of rotatable bonds is 3. The number of isocyanates is 1. The lowest BCUT2D eigenvalue weighted by molar-refractivity contribution is 0.557. The van der Waals surface area contributed by atoms with Gasteiger partial charge in [0.2, 0.25) is 0 Å². The van der Waals surface area contributed by atoms with Gasteiger partial charge in [-0.05, 0) is 5.56 Å². The van der Waals surface area contributed by atoms with Crippen LogP contribution in [-0.4, -0.2) is 6.08 Å². The number of benzene rings is 1. The minimum Gasteiger partial charge on any atom is -0.295 e. The zero-order chi connectivity index (χ0) is 7.94. The van der Waals surface area contributed by atoms with Gasteiger partial charge in [0.1, 0.15) is 0 Å². The molecule has 0 saturated carbocycles. The number of hydrogen-bond acceptors (Lipinski definition) is 3. The predicted octanol–water partition coefficient (Wildman–Crippen LogP) is 1.03. The molecule has 0 saturated heterocycles. The zero-order valence-electron chi connectivity index (χ0n) is 5.95. The molecule has 0 bridgehead atoms. The van der Waals surface area contributed by atoms with Crippen LogP contribution < -0.4 is 5.43 Å². The molecule has 3 heteroatoms. The molecule has 0 aliphatic rings. The smallest absolute Gasteiger partial charge is 0.258 e. The molecule has 1 N–H and O–H groups in total. The SMILES string of the molecule is O=C=NNCc1ccccc1. The first-order chi connectivity index (χ1) is 5.43. The first kappa shape index (κ1) is 7.51. The van der Waals surface area contributed by atoms with Gasteiger partial charge in [-0.2, -0.15) is 0 Å². The van der Waals surface area contributed by atoms with E-state index in [0.29, 0.717) is 6.54 Å². The normalized spacial score (nSPS) is 8.36. The summed E-state index contributed by atoms with van der Waals surface area (Å²) in [7, 11) is 0. The van der Waals surface area contributed by atoms with Crippen LogP contribution >= 0.6 is 0 Å². The van der Waals surface area contributed by atoms with Crippen molar-refractivity contribution in [2.24, 2.45) is 5.10 Å². The summed E-state index contributed by atoms with van der Waals surface area (Å²) in [6.45, 7) is 0.566. The van der Waals surface area contributed by atoms with Gasteiger partial charge in [0.15, 0.2) is 0 Å². The first-order valence-corrected chi connectivity index (χ1v) is 3.27. The van der Waals surface area contributed by atoms with Crippen LogP contribution in [-0.2, 0) is 11.3 Å². The van der Waals surface area contributed by atoms with E-state index in [0.717, 1.165) is 5.56 Å². The first-order valence-electron chi connectivity index (χ1n) is 3.27. The second-order valence-corrected chi connectivity index (χ2v) is 2.02. The molecule has 1 aromatic carbocycles. The van der Waals surface area contributed by atoms with E-state index in [4.69, 9.17) is 0 Å². The van der Waals surface area contributed by atoms with Crippen LogP contribution in [0.1, 0.15) is 5.56 Å². The summed E-state index contributed by atoms with van der Waals surface area (Å²) >= 11 is 0. The molecular formula is C8H8N2O. The predicted molar refractivity (Wildman–Crippen MR) is 41.4 cm³/mol. The van der Waals surface area contributed by atoms with Crippen LogP contribution in [0.3, 0.4) is 0 Å². The third-order valence-corrected chi connectivity index (χ3v) is 1.25. The fourth-order valence-electron chi connectivity index (χ4n) is 0.759. The Morgan fingerprint density at radius 2 is 2.09 bits per heavy atom. The minimum atomic E-state index is 0.566. The highest BCUT2D eigenvalue weighted by Crippen LogP contribution is 1.96. The van der Waals surface area contributed by atoms with Gasteiger partial charge in [-0.3, -0.25) is 5.43 Å². The highest BCUT2D eigenvalue weighted by atomic mass is 16.1. The lowest BCUT2D eigenvalue weighted by Gasteiger charge is -1.96. The van der Waals surface area contributed by atoms with E-state index < -0.39 is 0 Å². The fourth-order valence-corrected chi connectivity index (χ4v) is 0.759. The van der Waals surface area contributed by atoms with Crippen LogP contribution in [0.2, 0.25) is 0 Å². The van der Waals surface area contributed by atoms with Crippen LogP contribution in [0.15, 0.2) is 35.4 Å². The second-order valence-electron chi connectivity index (χ2n) is 2.02. The van der Waals surface area contributed by atoms with Gasteiger partial charge in [0.25, 0.3) is 6.08 Å². The van der Waals surface area contributed by atoms with E-state index in [2.05, 4.69) is 10.5 Å². The summed E-state index contributed by atoms with van der Waals surface area (Å²) in [5.41, 5.74) is 3.64. The Balaban J connectivity index is 2.45. The van der Waals surface area contributed by atoms with Crippen molar-refractivity contribution < 1.29 is 4.79 Å². The molecule has 0 spiro atoms. The molecule has 0 aliphatic carbocycles. The number of nitrogens with zero attached hydrogens (tertiary/aromatic N) is 1. The van der Waals surface area contributed by atoms with Crippen LogP contribution in [0, 0.1) is 0 Å². The highest BCUT2D eigenvalue weighted by molar-refractivity contribution is 5.32. The molecule has 56 valence electrons. The largest absolute Gasteiger partial charge is 0.295 e. The minimum absolute atomic E-state index is 0.566. The number of hydrogen-bond donors (Lipinski definition) is 1. The van der Waals surface area contributed by atoms with Gasteiger partial charge in [-0.25, -0.2) is 4.79 Å². The van der Waals surface area contributed by atoms with Gasteiger partial charge in [-0.15, -0.1) is 0 Å². The Morgan fingerprint density at radius 1 is 1.36 bits per heavy atom. The van der Waals surface area contributed by atoms with E-state index in [1.807, 2.05) is 30.3 Å². The number of hydrazone groups is 1. The van der Waals surface area contributed by atoms with E-state index in [1.165, 1.54) is 6.08 Å². The number of nitrogens with one attached hydrogen (secondary N) is 1. The van der Waals surface area contributed by atoms with Gasteiger partial charge >= 0.3 is 0 Å². The Bertz CT molecular complexity index is 252. The molecule has 0 unspecified atom stereocenters. The summed E-state index contributed by atoms with van der Waals surface area (Å²) in [4.78, 5) is 9.64. The molecule has 3 nitrogen and oxygen atoms in total. The van der Waals surface area contributed by atoms with Crippen LogP contribution in [0.5, 0.6) is 0 Å². The Morgan fingerprint density at radius 3 is 2.73 bits per heavy atom. The monoisotopic (exact) mass is 148 g/mol. The standard InChI is InChI=1S/C8H8N2O/c11-7-10-9-6-8-4-2-1-3-5-8/h1-5,9H,6H2. The zero-order valence-corrected chi connectivity index (χ0v) is 5.95. The lowest BCUT2D eigenvalue weighted by Crippen LogP contribution is -2.03. The maximum atomic E-state index is 9.64. The Hall–Kier alpha value is -1.60. The number of carbonyl (C=O) groups excluding carboxylic acids is 1. The molecule has 0 heterocycles. The van der Waals surface area contributed by atoms with Crippen molar-refractivity contribution >= 4 is 6.08 Å². The lowest BCUT2D eigenvalue weighted by atomic mass is 10.2. The molecule has 0 fully saturated rings. The van der Waals surface area contributed by atoms with Gasteiger partial charge in [-0.1, -0.05) is 35.4 Å².